The number of methoxy groups -OCH3 is 1. The highest BCUT2D eigenvalue weighted by Crippen LogP contribution is 2.43. The van der Waals surface area contributed by atoms with Crippen LogP contribution in [0, 0.1) is 12.0 Å². The minimum atomic E-state index is -1.28. The van der Waals surface area contributed by atoms with Crippen molar-refractivity contribution in [3.8, 4) is 22.5 Å². The van der Waals surface area contributed by atoms with Gasteiger partial charge in [0, 0.05) is 79.0 Å². The van der Waals surface area contributed by atoms with Crippen LogP contribution in [0.1, 0.15) is 95.6 Å². The Kier molecular flexibility index (Phi) is 15.0. The van der Waals surface area contributed by atoms with E-state index in [1.165, 1.54) is 16.3 Å². The Labute approximate surface area is 396 Å². The third-order valence-corrected chi connectivity index (χ3v) is 13.7. The zero-order chi connectivity index (χ0) is 47.5. The van der Waals surface area contributed by atoms with Gasteiger partial charge < -0.3 is 38.3 Å². The molecule has 67 heavy (non-hydrogen) atoms. The fourth-order valence-electron chi connectivity index (χ4n) is 9.47. The van der Waals surface area contributed by atoms with E-state index >= 15 is 4.79 Å². The molecule has 4 aliphatic rings. The van der Waals surface area contributed by atoms with Crippen LogP contribution in [0.2, 0.25) is 0 Å². The summed E-state index contributed by atoms with van der Waals surface area (Å²) in [4.78, 5) is 58.8. The van der Waals surface area contributed by atoms with Crippen LogP contribution < -0.4 is 10.7 Å². The van der Waals surface area contributed by atoms with E-state index in [4.69, 9.17) is 45.0 Å². The van der Waals surface area contributed by atoms with Crippen LogP contribution in [0.4, 0.5) is 4.79 Å². The molecule has 18 heteroatoms. The molecule has 0 unspecified atom stereocenters. The summed E-state index contributed by atoms with van der Waals surface area (Å²) in [5, 5.41) is 7.78. The minimum absolute atomic E-state index is 0.0976. The Hall–Kier alpha value is -5.00. The van der Waals surface area contributed by atoms with Gasteiger partial charge in [-0.2, -0.15) is 0 Å². The Bertz CT molecular complexity index is 2450. The standard InChI is InChI=1S/C49H64N8O9S/c1-30(61-8)40-33(11-9-17-51-40)42-35-26-49(5,6)29-65-46(59)36-12-10-18-57(54-36)45(58)41(53-47(60)66-48(2,3)4)43(56-19-23-63-27-39(56)50-7)44-52-37(28-67-44)31-13-14-38(34(35)25-31)55(42)20-24-64-32-15-21-62-22-16-32/h9,11,13-14,17,25,28,30,32,36,39,41,43,54H,10,12,15-16,18-24,26-27,29H2,1-6,8H3,(H,53,60)/t30-,36-,39+,41-,43-/m0/s1. The van der Waals surface area contributed by atoms with Gasteiger partial charge in [0.15, 0.2) is 0 Å². The second-order valence-electron chi connectivity index (χ2n) is 19.5. The first-order valence-corrected chi connectivity index (χ1v) is 24.2. The second-order valence-corrected chi connectivity index (χ2v) is 20.4. The van der Waals surface area contributed by atoms with E-state index in [2.05, 4.69) is 58.3 Å². The number of morpholine rings is 1. The summed E-state index contributed by atoms with van der Waals surface area (Å²) in [5.74, 6) is -0.982. The number of alkyl carbamates (subject to hydrolysis) is 1. The highest BCUT2D eigenvalue weighted by Gasteiger charge is 2.47. The first-order valence-electron chi connectivity index (χ1n) is 23.4. The molecule has 3 saturated heterocycles. The molecule has 4 aliphatic heterocycles. The van der Waals surface area contributed by atoms with Gasteiger partial charge in [-0.05, 0) is 89.6 Å². The van der Waals surface area contributed by atoms with Crippen molar-refractivity contribution in [2.75, 3.05) is 59.8 Å². The fourth-order valence-corrected chi connectivity index (χ4v) is 10.5. The normalized spacial score (nSPS) is 23.8. The average Bonchev–Trinajstić information content (AvgIpc) is 3.92. The van der Waals surface area contributed by atoms with Crippen molar-refractivity contribution in [2.45, 2.75) is 122 Å². The van der Waals surface area contributed by atoms with Crippen LogP contribution in [-0.2, 0) is 51.0 Å². The van der Waals surface area contributed by atoms with Crippen LogP contribution >= 0.6 is 11.3 Å². The zero-order valence-corrected chi connectivity index (χ0v) is 40.5. The number of hydrogen-bond acceptors (Lipinski definition) is 14. The van der Waals surface area contributed by atoms with Gasteiger partial charge in [0.25, 0.3) is 5.91 Å². The number of nitrogens with zero attached hydrogens (tertiary/aromatic N) is 6. The lowest BCUT2D eigenvalue weighted by Crippen LogP contribution is -2.63. The summed E-state index contributed by atoms with van der Waals surface area (Å²) in [5.41, 5.74) is 8.00. The van der Waals surface area contributed by atoms with Gasteiger partial charge in [-0.15, -0.1) is 11.3 Å². The number of hydrogen-bond donors (Lipinski definition) is 2. The van der Waals surface area contributed by atoms with E-state index in [1.54, 1.807) is 34.1 Å². The van der Waals surface area contributed by atoms with Gasteiger partial charge in [-0.1, -0.05) is 19.9 Å². The average molecular weight is 941 g/mol. The lowest BCUT2D eigenvalue weighted by Gasteiger charge is -2.41. The zero-order valence-electron chi connectivity index (χ0n) is 39.7. The lowest BCUT2D eigenvalue weighted by atomic mass is 9.84. The Morgan fingerprint density at radius 3 is 2.69 bits per heavy atom. The Morgan fingerprint density at radius 2 is 1.93 bits per heavy atom. The molecule has 0 aliphatic carbocycles. The highest BCUT2D eigenvalue weighted by molar-refractivity contribution is 7.10. The molecular formula is C49H64N8O9S. The van der Waals surface area contributed by atoms with Crippen molar-refractivity contribution in [1.82, 2.24) is 35.2 Å². The number of carbonyl (C=O) groups is 3. The van der Waals surface area contributed by atoms with Gasteiger partial charge >= 0.3 is 18.2 Å². The van der Waals surface area contributed by atoms with Crippen LogP contribution in [-0.4, -0.2) is 132 Å². The summed E-state index contributed by atoms with van der Waals surface area (Å²) in [7, 11) is 1.68. The summed E-state index contributed by atoms with van der Waals surface area (Å²) in [6.07, 6.45) is 3.18. The third-order valence-electron chi connectivity index (χ3n) is 12.8. The number of carbonyl (C=O) groups excluding carboxylic acids is 3. The molecule has 0 radical (unpaired) electrons. The molecule has 0 saturated carbocycles. The smallest absolute Gasteiger partial charge is 0.408 e. The predicted octanol–water partition coefficient (Wildman–Crippen LogP) is 6.86. The van der Waals surface area contributed by atoms with Gasteiger partial charge in [0.05, 0.1) is 55.2 Å². The summed E-state index contributed by atoms with van der Waals surface area (Å²) in [6, 6.07) is 7.36. The fraction of sp³-hybridized carbons (Fsp3) is 0.592. The van der Waals surface area contributed by atoms with Crippen LogP contribution in [0.25, 0.3) is 38.3 Å². The molecular weight excluding hydrogens is 877 g/mol. The van der Waals surface area contributed by atoms with E-state index in [-0.39, 0.29) is 32.0 Å². The lowest BCUT2D eigenvalue weighted by molar-refractivity contribution is -0.155. The van der Waals surface area contributed by atoms with Crippen molar-refractivity contribution in [3.05, 3.63) is 69.6 Å². The third kappa shape index (κ3) is 11.0. The first kappa shape index (κ1) is 48.5. The van der Waals surface area contributed by atoms with Crippen LogP contribution in [0.5, 0.6) is 0 Å². The number of esters is 1. The number of pyridine rings is 1. The monoisotopic (exact) mass is 940 g/mol. The van der Waals surface area contributed by atoms with E-state index in [9.17, 15) is 9.59 Å². The van der Waals surface area contributed by atoms with E-state index in [0.29, 0.717) is 69.5 Å². The number of benzene rings is 1. The van der Waals surface area contributed by atoms with Gasteiger partial charge in [-0.25, -0.2) is 26.7 Å². The molecule has 17 nitrogen and oxygen atoms in total. The number of aromatic nitrogens is 3. The molecule has 3 aromatic heterocycles. The van der Waals surface area contributed by atoms with Crippen molar-refractivity contribution < 1.29 is 42.8 Å². The van der Waals surface area contributed by atoms with Crippen LogP contribution in [0.15, 0.2) is 41.9 Å². The van der Waals surface area contributed by atoms with Crippen molar-refractivity contribution >= 4 is 40.2 Å². The maximum atomic E-state index is 15.0. The quantitative estimate of drug-likeness (QED) is 0.132. The summed E-state index contributed by atoms with van der Waals surface area (Å²) >= 11 is 1.36. The van der Waals surface area contributed by atoms with Crippen LogP contribution in [0.3, 0.4) is 0 Å². The molecule has 2 N–H and O–H groups in total. The molecule has 8 rings (SSSR count). The number of cyclic esters (lactones) is 1. The summed E-state index contributed by atoms with van der Waals surface area (Å²) in [6.45, 7) is 23.1. The number of hydrazine groups is 1. The second kappa shape index (κ2) is 20.7. The SMILES string of the molecule is [C-]#[N+][C@H]1COCCN1[C@@H]1c2nc(cs2)-c2ccc3c(c2)c(c(-c2cccnc2[C@H](C)OC)n3CCOC2CCOCC2)CC(C)(C)COC(=O)[C@@H]2CCCN(N2)C(=O)[C@H]1NC(=O)OC(C)(C)C. The van der Waals surface area contributed by atoms with E-state index in [0.717, 1.165) is 51.8 Å². The maximum absolute atomic E-state index is 15.0. The number of amides is 2. The van der Waals surface area contributed by atoms with Crippen molar-refractivity contribution in [3.63, 3.8) is 0 Å². The molecule has 1 aromatic carbocycles. The maximum Gasteiger partial charge on any atom is 0.408 e. The Balaban J connectivity index is 1.32. The first-order chi connectivity index (χ1) is 32.1. The highest BCUT2D eigenvalue weighted by atomic mass is 32.1. The molecule has 5 atom stereocenters. The number of fused-ring (bicyclic) bond motifs is 6. The minimum Gasteiger partial charge on any atom is -0.464 e. The molecule has 6 bridgehead atoms. The van der Waals surface area contributed by atoms with E-state index in [1.807, 2.05) is 23.3 Å². The Morgan fingerprint density at radius 1 is 1.12 bits per heavy atom. The predicted molar refractivity (Wildman–Crippen MR) is 252 cm³/mol. The topological polar surface area (TPSA) is 172 Å². The molecule has 360 valence electrons. The largest absolute Gasteiger partial charge is 0.464 e. The van der Waals surface area contributed by atoms with Gasteiger partial charge in [0.1, 0.15) is 29.3 Å². The summed E-state index contributed by atoms with van der Waals surface area (Å²) < 4.78 is 38.0. The molecule has 2 amide bonds. The number of thiazole rings is 1. The molecule has 0 spiro atoms. The molecule has 7 heterocycles. The van der Waals surface area contributed by atoms with Gasteiger partial charge in [0.2, 0.25) is 0 Å². The molecule has 4 aromatic rings. The van der Waals surface area contributed by atoms with Crippen molar-refractivity contribution in [2.24, 2.45) is 5.41 Å². The van der Waals surface area contributed by atoms with E-state index < -0.39 is 53.3 Å². The number of nitrogens with one attached hydrogen (secondary N) is 2. The number of rotatable bonds is 9. The van der Waals surface area contributed by atoms with Gasteiger partial charge in [-0.3, -0.25) is 24.4 Å². The number of ether oxygens (including phenoxy) is 6. The van der Waals surface area contributed by atoms with Crippen molar-refractivity contribution in [1.29, 1.82) is 0 Å². The molecule has 3 fully saturated rings.